The molecular formula is C12H9ClFN3O. The van der Waals surface area contributed by atoms with E-state index in [0.717, 1.165) is 6.07 Å². The van der Waals surface area contributed by atoms with E-state index in [4.69, 9.17) is 17.3 Å². The fourth-order valence-corrected chi connectivity index (χ4v) is 1.49. The van der Waals surface area contributed by atoms with Gasteiger partial charge in [0.05, 0.1) is 16.9 Å². The van der Waals surface area contributed by atoms with Gasteiger partial charge >= 0.3 is 0 Å². The zero-order valence-electron chi connectivity index (χ0n) is 9.15. The normalized spacial score (nSPS) is 10.1. The highest BCUT2D eigenvalue weighted by atomic mass is 35.5. The first-order valence-electron chi connectivity index (χ1n) is 5.04. The largest absolute Gasteiger partial charge is 0.397 e. The van der Waals surface area contributed by atoms with Gasteiger partial charge < -0.3 is 11.1 Å². The van der Waals surface area contributed by atoms with Crippen molar-refractivity contribution in [1.82, 2.24) is 4.98 Å². The van der Waals surface area contributed by atoms with Gasteiger partial charge in [0.1, 0.15) is 11.6 Å². The molecule has 0 spiro atoms. The van der Waals surface area contributed by atoms with Crippen LogP contribution in [0.4, 0.5) is 15.9 Å². The Morgan fingerprint density at radius 1 is 1.33 bits per heavy atom. The Hall–Kier alpha value is -2.14. The predicted octanol–water partition coefficient (Wildman–Crippen LogP) is 2.71. The summed E-state index contributed by atoms with van der Waals surface area (Å²) in [6.45, 7) is 0. The fourth-order valence-electron chi connectivity index (χ4n) is 1.31. The summed E-state index contributed by atoms with van der Waals surface area (Å²) in [5, 5.41) is 2.44. The number of aromatic nitrogens is 1. The van der Waals surface area contributed by atoms with Gasteiger partial charge in [0.2, 0.25) is 0 Å². The SMILES string of the molecule is Nc1ccc(NC(=O)c2ccc(F)c(Cl)c2)nc1. The van der Waals surface area contributed by atoms with Crippen LogP contribution in [-0.2, 0) is 0 Å². The van der Waals surface area contributed by atoms with Crippen LogP contribution in [0.15, 0.2) is 36.5 Å². The first-order valence-corrected chi connectivity index (χ1v) is 5.42. The summed E-state index contributed by atoms with van der Waals surface area (Å²) >= 11 is 5.59. The molecule has 0 saturated heterocycles. The van der Waals surface area contributed by atoms with Gasteiger partial charge in [0.25, 0.3) is 5.91 Å². The number of hydrogen-bond acceptors (Lipinski definition) is 3. The molecule has 2 rings (SSSR count). The number of pyridine rings is 1. The van der Waals surface area contributed by atoms with E-state index in [2.05, 4.69) is 10.3 Å². The first-order chi connectivity index (χ1) is 8.56. The highest BCUT2D eigenvalue weighted by molar-refractivity contribution is 6.31. The minimum absolute atomic E-state index is 0.104. The molecule has 0 atom stereocenters. The number of anilines is 2. The van der Waals surface area contributed by atoms with E-state index in [9.17, 15) is 9.18 Å². The lowest BCUT2D eigenvalue weighted by Gasteiger charge is -2.05. The van der Waals surface area contributed by atoms with E-state index in [-0.39, 0.29) is 10.6 Å². The van der Waals surface area contributed by atoms with E-state index < -0.39 is 11.7 Å². The summed E-state index contributed by atoms with van der Waals surface area (Å²) in [5.74, 6) is -0.636. The van der Waals surface area contributed by atoms with Crippen LogP contribution in [-0.4, -0.2) is 10.9 Å². The number of nitrogen functional groups attached to an aromatic ring is 1. The highest BCUT2D eigenvalue weighted by Crippen LogP contribution is 2.17. The predicted molar refractivity (Wildman–Crippen MR) is 68.0 cm³/mol. The van der Waals surface area contributed by atoms with Gasteiger partial charge in [0.15, 0.2) is 0 Å². The zero-order chi connectivity index (χ0) is 13.1. The lowest BCUT2D eigenvalue weighted by Crippen LogP contribution is -2.13. The Bertz CT molecular complexity index is 586. The van der Waals surface area contributed by atoms with Crippen molar-refractivity contribution in [1.29, 1.82) is 0 Å². The van der Waals surface area contributed by atoms with Crippen LogP contribution < -0.4 is 11.1 Å². The van der Waals surface area contributed by atoms with Gasteiger partial charge in [-0.15, -0.1) is 0 Å². The number of carbonyl (C=O) groups is 1. The van der Waals surface area contributed by atoms with Gasteiger partial charge in [-0.05, 0) is 30.3 Å². The third-order valence-corrected chi connectivity index (χ3v) is 2.50. The molecule has 1 aromatic heterocycles. The molecule has 1 amide bonds. The lowest BCUT2D eigenvalue weighted by molar-refractivity contribution is 0.102. The molecule has 0 bridgehead atoms. The second-order valence-corrected chi connectivity index (χ2v) is 3.97. The quantitative estimate of drug-likeness (QED) is 0.877. The third kappa shape index (κ3) is 2.75. The Morgan fingerprint density at radius 3 is 2.72 bits per heavy atom. The maximum absolute atomic E-state index is 12.9. The number of halogens is 2. The average Bonchev–Trinajstić information content (AvgIpc) is 2.35. The molecule has 1 heterocycles. The number of rotatable bonds is 2. The Morgan fingerprint density at radius 2 is 2.11 bits per heavy atom. The van der Waals surface area contributed by atoms with Crippen LogP contribution in [0.1, 0.15) is 10.4 Å². The molecule has 4 nitrogen and oxygen atoms in total. The van der Waals surface area contributed by atoms with Crippen molar-refractivity contribution in [2.24, 2.45) is 0 Å². The van der Waals surface area contributed by atoms with E-state index >= 15 is 0 Å². The summed E-state index contributed by atoms with van der Waals surface area (Å²) in [5.41, 5.74) is 6.22. The van der Waals surface area contributed by atoms with E-state index in [0.29, 0.717) is 11.5 Å². The van der Waals surface area contributed by atoms with Crippen molar-refractivity contribution in [2.75, 3.05) is 11.1 Å². The topological polar surface area (TPSA) is 68.0 Å². The number of benzene rings is 1. The minimum Gasteiger partial charge on any atom is -0.397 e. The average molecular weight is 266 g/mol. The summed E-state index contributed by atoms with van der Waals surface area (Å²) in [4.78, 5) is 15.7. The van der Waals surface area contributed by atoms with Gasteiger partial charge in [-0.2, -0.15) is 0 Å². The number of nitrogens with one attached hydrogen (secondary N) is 1. The van der Waals surface area contributed by atoms with Crippen molar-refractivity contribution < 1.29 is 9.18 Å². The zero-order valence-corrected chi connectivity index (χ0v) is 9.91. The van der Waals surface area contributed by atoms with Crippen LogP contribution in [0.5, 0.6) is 0 Å². The van der Waals surface area contributed by atoms with Gasteiger partial charge in [-0.1, -0.05) is 11.6 Å². The molecule has 2 aromatic rings. The maximum Gasteiger partial charge on any atom is 0.256 e. The Kier molecular flexibility index (Phi) is 3.43. The van der Waals surface area contributed by atoms with Crippen molar-refractivity contribution >= 4 is 29.0 Å². The van der Waals surface area contributed by atoms with Crippen LogP contribution >= 0.6 is 11.6 Å². The molecular weight excluding hydrogens is 257 g/mol. The van der Waals surface area contributed by atoms with Crippen molar-refractivity contribution in [2.45, 2.75) is 0 Å². The summed E-state index contributed by atoms with van der Waals surface area (Å²) in [6.07, 6.45) is 1.42. The third-order valence-electron chi connectivity index (χ3n) is 2.21. The molecule has 0 radical (unpaired) electrons. The number of amides is 1. The second-order valence-electron chi connectivity index (χ2n) is 3.56. The van der Waals surface area contributed by atoms with E-state index in [1.165, 1.54) is 18.3 Å². The molecule has 0 fully saturated rings. The molecule has 0 unspecified atom stereocenters. The molecule has 92 valence electrons. The molecule has 6 heteroatoms. The van der Waals surface area contributed by atoms with Crippen molar-refractivity contribution in [3.05, 3.63) is 52.9 Å². The maximum atomic E-state index is 12.9. The van der Waals surface area contributed by atoms with Crippen molar-refractivity contribution in [3.8, 4) is 0 Å². The molecule has 3 N–H and O–H groups in total. The van der Waals surface area contributed by atoms with E-state index in [1.807, 2.05) is 0 Å². The summed E-state index contributed by atoms with van der Waals surface area (Å²) in [6, 6.07) is 6.91. The van der Waals surface area contributed by atoms with Gasteiger partial charge in [-0.3, -0.25) is 4.79 Å². The van der Waals surface area contributed by atoms with Crippen LogP contribution in [0, 0.1) is 5.82 Å². The minimum atomic E-state index is -0.571. The van der Waals surface area contributed by atoms with Crippen LogP contribution in [0.3, 0.4) is 0 Å². The molecule has 0 aliphatic carbocycles. The highest BCUT2D eigenvalue weighted by Gasteiger charge is 2.09. The molecule has 0 aliphatic heterocycles. The number of carbonyl (C=O) groups excluding carboxylic acids is 1. The number of nitrogens with zero attached hydrogens (tertiary/aromatic N) is 1. The summed E-state index contributed by atoms with van der Waals surface area (Å²) < 4.78 is 12.9. The number of hydrogen-bond donors (Lipinski definition) is 2. The lowest BCUT2D eigenvalue weighted by atomic mass is 10.2. The summed E-state index contributed by atoms with van der Waals surface area (Å²) in [7, 11) is 0. The van der Waals surface area contributed by atoms with Gasteiger partial charge in [0, 0.05) is 5.56 Å². The fraction of sp³-hybridized carbons (Fsp3) is 0. The Labute approximate surface area is 108 Å². The van der Waals surface area contributed by atoms with Crippen molar-refractivity contribution in [3.63, 3.8) is 0 Å². The standard InChI is InChI=1S/C12H9ClFN3O/c13-9-5-7(1-3-10(9)14)12(18)17-11-4-2-8(15)6-16-11/h1-6H,15H2,(H,16,17,18). The van der Waals surface area contributed by atoms with E-state index in [1.54, 1.807) is 12.1 Å². The Balaban J connectivity index is 2.16. The monoisotopic (exact) mass is 265 g/mol. The van der Waals surface area contributed by atoms with Gasteiger partial charge in [-0.25, -0.2) is 9.37 Å². The van der Waals surface area contributed by atoms with Crippen LogP contribution in [0.25, 0.3) is 0 Å². The molecule has 1 aromatic carbocycles. The van der Waals surface area contributed by atoms with Crippen LogP contribution in [0.2, 0.25) is 5.02 Å². The second kappa shape index (κ2) is 5.01. The first kappa shape index (κ1) is 12.3. The molecule has 0 aliphatic rings. The molecule has 18 heavy (non-hydrogen) atoms. The molecule has 0 saturated carbocycles. The number of nitrogens with two attached hydrogens (primary N) is 1. The smallest absolute Gasteiger partial charge is 0.256 e.